The molecule has 8 nitrogen and oxygen atoms in total. The number of aromatic nitrogens is 3. The number of benzene rings is 1. The molecule has 7 N–H and O–H groups in total. The van der Waals surface area contributed by atoms with E-state index < -0.39 is 5.97 Å². The van der Waals surface area contributed by atoms with E-state index in [-0.39, 0.29) is 12.4 Å². The molecular weight excluding hydrogens is 332 g/mol. The van der Waals surface area contributed by atoms with Gasteiger partial charge in [-0.05, 0) is 12.1 Å². The van der Waals surface area contributed by atoms with Gasteiger partial charge in [-0.3, -0.25) is 4.79 Å². The van der Waals surface area contributed by atoms with Gasteiger partial charge in [0.2, 0.25) is 6.20 Å². The molecule has 3 rings (SSSR count). The zero-order valence-corrected chi connectivity index (χ0v) is 13.3. The van der Waals surface area contributed by atoms with E-state index in [0.717, 1.165) is 27.0 Å². The molecule has 2 aromatic heterocycles. The quantitative estimate of drug-likeness (QED) is 0.405. The van der Waals surface area contributed by atoms with Crippen LogP contribution in [0.3, 0.4) is 0 Å². The van der Waals surface area contributed by atoms with Gasteiger partial charge in [0, 0.05) is 22.2 Å². The Balaban J connectivity index is 2.12. The van der Waals surface area contributed by atoms with Crippen molar-refractivity contribution in [2.24, 2.45) is 11.6 Å². The zero-order chi connectivity index (χ0) is 17.3. The smallest absolute Gasteiger partial charge is 0.324 e. The molecule has 0 aliphatic rings. The summed E-state index contributed by atoms with van der Waals surface area (Å²) < 4.78 is 1.71. The van der Waals surface area contributed by atoms with Crippen LogP contribution in [0.15, 0.2) is 43.0 Å². The van der Waals surface area contributed by atoms with Crippen molar-refractivity contribution in [1.82, 2.24) is 14.7 Å². The van der Waals surface area contributed by atoms with Crippen molar-refractivity contribution < 1.29 is 15.0 Å². The van der Waals surface area contributed by atoms with E-state index >= 15 is 0 Å². The van der Waals surface area contributed by atoms with Crippen LogP contribution in [-0.2, 0) is 4.79 Å². The molecule has 0 atom stereocenters. The second kappa shape index (κ2) is 6.26. The minimum atomic E-state index is -1.05. The van der Waals surface area contributed by atoms with E-state index in [1.54, 1.807) is 16.7 Å². The number of fused-ring (bicyclic) bond motifs is 1. The van der Waals surface area contributed by atoms with Gasteiger partial charge in [-0.2, -0.15) is 5.10 Å². The van der Waals surface area contributed by atoms with Crippen LogP contribution in [0, 0.1) is 0 Å². The van der Waals surface area contributed by atoms with E-state index in [9.17, 15) is 4.79 Å². The van der Waals surface area contributed by atoms with Gasteiger partial charge < -0.3 is 20.4 Å². The maximum Gasteiger partial charge on any atom is 0.324 e. The second-order valence-electron chi connectivity index (χ2n) is 5.23. The first-order valence-corrected chi connectivity index (χ1v) is 7.40. The first kappa shape index (κ1) is 15.9. The number of nitrogens with one attached hydrogen (secondary N) is 2. The van der Waals surface area contributed by atoms with Gasteiger partial charge in [0.1, 0.15) is 12.4 Å². The van der Waals surface area contributed by atoms with Crippen LogP contribution in [0.1, 0.15) is 0 Å². The highest BCUT2D eigenvalue weighted by Crippen LogP contribution is 2.32. The lowest BCUT2D eigenvalue weighted by molar-refractivity contribution is -0.448. The molecule has 3 aromatic rings. The number of halogens is 1. The third-order valence-electron chi connectivity index (χ3n) is 3.51. The van der Waals surface area contributed by atoms with Crippen molar-refractivity contribution in [3.63, 3.8) is 0 Å². The van der Waals surface area contributed by atoms with E-state index in [1.165, 1.54) is 6.20 Å². The van der Waals surface area contributed by atoms with Gasteiger partial charge in [0.05, 0.1) is 23.5 Å². The molecule has 0 bridgehead atoms. The maximum atomic E-state index is 10.7. The summed E-state index contributed by atoms with van der Waals surface area (Å²) in [6.45, 7) is -0.361. The number of rotatable bonds is 5. The lowest BCUT2D eigenvalue weighted by atomic mass is 10.1. The molecule has 24 heavy (non-hydrogen) atoms. The highest BCUT2D eigenvalue weighted by molar-refractivity contribution is 6.31. The molecule has 124 valence electrons. The third-order valence-corrected chi connectivity index (χ3v) is 3.75. The number of nitrogens with zero attached hydrogens (tertiary/aromatic N) is 2. The van der Waals surface area contributed by atoms with Crippen LogP contribution < -0.4 is 16.7 Å². The summed E-state index contributed by atoms with van der Waals surface area (Å²) in [6, 6.07) is 5.49. The molecule has 0 spiro atoms. The van der Waals surface area contributed by atoms with E-state index in [1.807, 2.05) is 24.7 Å². The molecule has 0 fully saturated rings. The Morgan fingerprint density at radius 2 is 2.29 bits per heavy atom. The van der Waals surface area contributed by atoms with Crippen molar-refractivity contribution in [3.8, 4) is 11.1 Å². The Bertz CT molecular complexity index is 916. The first-order valence-electron chi connectivity index (χ1n) is 7.02. The number of hydrogen-bond acceptors (Lipinski definition) is 4. The number of aliphatic carboxylic acids is 1. The van der Waals surface area contributed by atoms with Gasteiger partial charge >= 0.3 is 5.97 Å². The van der Waals surface area contributed by atoms with Gasteiger partial charge in [-0.15, -0.1) is 5.10 Å². The van der Waals surface area contributed by atoms with Crippen LogP contribution in [0.4, 0.5) is 0 Å². The Morgan fingerprint density at radius 3 is 2.96 bits per heavy atom. The van der Waals surface area contributed by atoms with E-state index in [4.69, 9.17) is 28.3 Å². The first-order chi connectivity index (χ1) is 11.5. The fraction of sp³-hybridized carbons (Fsp3) is 0.0667. The van der Waals surface area contributed by atoms with Crippen LogP contribution in [-0.4, -0.2) is 32.3 Å². The fourth-order valence-electron chi connectivity index (χ4n) is 2.51. The molecule has 9 heteroatoms. The van der Waals surface area contributed by atoms with Crippen LogP contribution in [0.25, 0.3) is 27.9 Å². The molecule has 0 aliphatic heterocycles. The molecule has 1 aromatic carbocycles. The summed E-state index contributed by atoms with van der Waals surface area (Å²) in [4.78, 5) is 10.7. The summed E-state index contributed by atoms with van der Waals surface area (Å²) in [6.07, 6.45) is 6.86. The zero-order valence-electron chi connectivity index (χ0n) is 12.5. The minimum absolute atomic E-state index is 0.275. The average molecular weight is 348 g/mol. The standard InChI is InChI=1S/C15H15ClN6O2/c16-10-1-2-11-12(9-4-19-20-5-9)6-22(13(11)3-10)14(17)7-21(18)8-15(23)24/h1-7H,8,17-18H2,(H,19,20)(H,23,24)/p+1/b14-7+. The summed E-state index contributed by atoms with van der Waals surface area (Å²) in [5.41, 5.74) is 8.78. The molecule has 0 saturated heterocycles. The minimum Gasteiger partial charge on any atom is -0.480 e. The monoisotopic (exact) mass is 347 g/mol. The number of carboxylic acids is 1. The summed E-state index contributed by atoms with van der Waals surface area (Å²) in [5, 5.41) is 17.1. The Labute approximate surface area is 141 Å². The lowest BCUT2D eigenvalue weighted by Crippen LogP contribution is -2.32. The normalized spacial score (nSPS) is 11.8. The van der Waals surface area contributed by atoms with Gasteiger partial charge in [0.15, 0.2) is 0 Å². The molecule has 2 heterocycles. The topological polar surface area (TPSA) is 127 Å². The Morgan fingerprint density at radius 1 is 1.50 bits per heavy atom. The largest absolute Gasteiger partial charge is 0.480 e. The van der Waals surface area contributed by atoms with Crippen LogP contribution >= 0.6 is 11.6 Å². The lowest BCUT2D eigenvalue weighted by Gasteiger charge is -2.13. The van der Waals surface area contributed by atoms with Crippen molar-refractivity contribution in [2.75, 3.05) is 6.54 Å². The highest BCUT2D eigenvalue weighted by atomic mass is 35.5. The Hall–Kier alpha value is -2.97. The number of carbonyl (C=O) groups is 1. The third kappa shape index (κ3) is 3.05. The van der Waals surface area contributed by atoms with Crippen molar-refractivity contribution >= 4 is 34.3 Å². The average Bonchev–Trinajstić information content (AvgIpc) is 3.12. The van der Waals surface area contributed by atoms with Gasteiger partial charge in [0.25, 0.3) is 0 Å². The highest BCUT2D eigenvalue weighted by Gasteiger charge is 2.15. The van der Waals surface area contributed by atoms with Gasteiger partial charge in [-0.1, -0.05) is 17.7 Å². The van der Waals surface area contributed by atoms with E-state index in [2.05, 4.69) is 10.2 Å². The SMILES string of the molecule is N/C(=C\N(N)CC(=O)O)n1cc(-c2c[nH][nH+]c2)c2ccc(Cl)cc21. The summed E-state index contributed by atoms with van der Waals surface area (Å²) >= 11 is 6.11. The summed E-state index contributed by atoms with van der Waals surface area (Å²) in [5.74, 6) is 4.86. The fourth-order valence-corrected chi connectivity index (χ4v) is 2.68. The van der Waals surface area contributed by atoms with Crippen LogP contribution in [0.5, 0.6) is 0 Å². The number of aromatic amines is 2. The number of H-pyrrole nitrogens is 2. The number of carboxylic acid groups (broad SMARTS) is 1. The van der Waals surface area contributed by atoms with Crippen molar-refractivity contribution in [1.29, 1.82) is 0 Å². The van der Waals surface area contributed by atoms with Gasteiger partial charge in [-0.25, -0.2) is 5.84 Å². The Kier molecular flexibility index (Phi) is 4.15. The predicted molar refractivity (Wildman–Crippen MR) is 90.3 cm³/mol. The number of hydrogen-bond donors (Lipinski definition) is 4. The summed E-state index contributed by atoms with van der Waals surface area (Å²) in [7, 11) is 0. The molecule has 0 unspecified atom stereocenters. The molecule has 0 saturated carbocycles. The molecule has 0 amide bonds. The molecular formula is C15H16ClN6O2+. The number of nitrogens with two attached hydrogens (primary N) is 2. The number of hydrazine groups is 1. The van der Waals surface area contributed by atoms with E-state index in [0.29, 0.717) is 5.02 Å². The maximum absolute atomic E-state index is 10.7. The predicted octanol–water partition coefficient (Wildman–Crippen LogP) is 1.08. The molecule has 0 aliphatic carbocycles. The molecule has 0 radical (unpaired) electrons. The van der Waals surface area contributed by atoms with Crippen molar-refractivity contribution in [3.05, 3.63) is 48.0 Å². The van der Waals surface area contributed by atoms with Crippen molar-refractivity contribution in [2.45, 2.75) is 0 Å². The second-order valence-corrected chi connectivity index (χ2v) is 5.66. The van der Waals surface area contributed by atoms with Crippen LogP contribution in [0.2, 0.25) is 5.02 Å².